The van der Waals surface area contributed by atoms with Gasteiger partial charge in [-0.3, -0.25) is 4.79 Å². The van der Waals surface area contributed by atoms with Crippen LogP contribution in [0.4, 0.5) is 0 Å². The summed E-state index contributed by atoms with van der Waals surface area (Å²) in [5.74, 6) is -0.269. The van der Waals surface area contributed by atoms with Crippen molar-refractivity contribution in [2.24, 2.45) is 0 Å². The van der Waals surface area contributed by atoms with Crippen molar-refractivity contribution in [3.63, 3.8) is 0 Å². The number of carbonyl (C=O) groups excluding carboxylic acids is 1. The molecule has 1 aromatic rings. The number of ether oxygens (including phenoxy) is 5. The molecule has 2 saturated heterocycles. The first-order valence-corrected chi connectivity index (χ1v) is 6.81. The molecule has 0 aromatic heterocycles. The highest BCUT2D eigenvalue weighted by molar-refractivity contribution is 5.87. The number of benzene rings is 1. The molecule has 5 atom stereocenters. The Bertz CT molecular complexity index is 490. The van der Waals surface area contributed by atoms with Gasteiger partial charge in [-0.1, -0.05) is 30.3 Å². The third-order valence-electron chi connectivity index (χ3n) is 3.71. The molecule has 2 aliphatic heterocycles. The first-order valence-electron chi connectivity index (χ1n) is 6.81. The number of hydrogen-bond acceptors (Lipinski definition) is 6. The van der Waals surface area contributed by atoms with Gasteiger partial charge >= 0.3 is 0 Å². The quantitative estimate of drug-likeness (QED) is 0.830. The smallest absolute Gasteiger partial charge is 0.220 e. The van der Waals surface area contributed by atoms with Crippen LogP contribution in [-0.2, 0) is 28.5 Å². The molecule has 0 amide bonds. The van der Waals surface area contributed by atoms with E-state index in [0.29, 0.717) is 6.61 Å². The molecule has 0 bridgehead atoms. The summed E-state index contributed by atoms with van der Waals surface area (Å²) in [5, 5.41) is 0. The predicted octanol–water partition coefficient (Wildman–Crippen LogP) is 1.06. The minimum absolute atomic E-state index is 0.269. The highest BCUT2D eigenvalue weighted by atomic mass is 16.7. The molecule has 0 saturated carbocycles. The Morgan fingerprint density at radius 1 is 1.10 bits per heavy atom. The van der Waals surface area contributed by atoms with E-state index < -0.39 is 30.9 Å². The predicted molar refractivity (Wildman–Crippen MR) is 71.5 cm³/mol. The summed E-state index contributed by atoms with van der Waals surface area (Å²) in [7, 11) is 2.90. The fourth-order valence-corrected chi connectivity index (χ4v) is 2.66. The van der Waals surface area contributed by atoms with Crippen molar-refractivity contribution in [2.75, 3.05) is 20.8 Å². The monoisotopic (exact) mass is 294 g/mol. The van der Waals surface area contributed by atoms with Gasteiger partial charge in [0, 0.05) is 19.8 Å². The zero-order valence-electron chi connectivity index (χ0n) is 11.9. The molecule has 3 rings (SSSR count). The number of carbonyl (C=O) groups is 1. The number of hydrogen-bond donors (Lipinski definition) is 0. The van der Waals surface area contributed by atoms with E-state index in [0.717, 1.165) is 5.56 Å². The molecule has 0 radical (unpaired) electrons. The van der Waals surface area contributed by atoms with Crippen LogP contribution in [0.3, 0.4) is 0 Å². The van der Waals surface area contributed by atoms with Crippen molar-refractivity contribution in [3.8, 4) is 0 Å². The van der Waals surface area contributed by atoms with Gasteiger partial charge in [-0.15, -0.1) is 0 Å². The lowest BCUT2D eigenvalue weighted by Gasteiger charge is -2.43. The molecule has 0 N–H and O–H groups in total. The Morgan fingerprint density at radius 2 is 1.86 bits per heavy atom. The van der Waals surface area contributed by atoms with E-state index >= 15 is 0 Å². The van der Waals surface area contributed by atoms with E-state index in [9.17, 15) is 4.79 Å². The van der Waals surface area contributed by atoms with E-state index in [2.05, 4.69) is 0 Å². The first-order chi connectivity index (χ1) is 10.2. The molecule has 0 unspecified atom stereocenters. The van der Waals surface area contributed by atoms with Crippen LogP contribution >= 0.6 is 0 Å². The molecule has 6 nitrogen and oxygen atoms in total. The van der Waals surface area contributed by atoms with Gasteiger partial charge in [0.05, 0.1) is 6.61 Å². The largest absolute Gasteiger partial charge is 0.371 e. The molecule has 0 aliphatic carbocycles. The van der Waals surface area contributed by atoms with Crippen LogP contribution in [0.5, 0.6) is 0 Å². The van der Waals surface area contributed by atoms with Crippen molar-refractivity contribution >= 4 is 5.78 Å². The van der Waals surface area contributed by atoms with Gasteiger partial charge in [0.2, 0.25) is 12.1 Å². The lowest BCUT2D eigenvalue weighted by molar-refractivity contribution is -0.319. The van der Waals surface area contributed by atoms with Crippen molar-refractivity contribution in [1.82, 2.24) is 0 Å². The SMILES string of the molecule is CO[C@@H]1O[C@H]2CO[C@H](c3ccccc3)O[C@@H]2[C@@H](OC)C1=O. The highest BCUT2D eigenvalue weighted by Crippen LogP contribution is 2.33. The topological polar surface area (TPSA) is 63.2 Å². The minimum atomic E-state index is -0.934. The van der Waals surface area contributed by atoms with E-state index in [4.69, 9.17) is 23.7 Å². The van der Waals surface area contributed by atoms with Crippen LogP contribution in [0.25, 0.3) is 0 Å². The molecule has 2 aliphatic rings. The summed E-state index contributed by atoms with van der Waals surface area (Å²) in [6.45, 7) is 0.317. The Hall–Kier alpha value is -1.31. The lowest BCUT2D eigenvalue weighted by Crippen LogP contribution is -2.60. The Kier molecular flexibility index (Phi) is 4.32. The Morgan fingerprint density at radius 3 is 2.52 bits per heavy atom. The maximum Gasteiger partial charge on any atom is 0.220 e. The van der Waals surface area contributed by atoms with Crippen LogP contribution < -0.4 is 0 Å². The second-order valence-corrected chi connectivity index (χ2v) is 4.98. The van der Waals surface area contributed by atoms with Gasteiger partial charge < -0.3 is 23.7 Å². The number of methoxy groups -OCH3 is 2. The number of rotatable bonds is 3. The normalized spacial score (nSPS) is 36.3. The van der Waals surface area contributed by atoms with Crippen LogP contribution in [0.2, 0.25) is 0 Å². The zero-order valence-corrected chi connectivity index (χ0v) is 11.9. The lowest BCUT2D eigenvalue weighted by atomic mass is 9.99. The van der Waals surface area contributed by atoms with Gasteiger partial charge in [0.25, 0.3) is 0 Å². The second kappa shape index (κ2) is 6.21. The van der Waals surface area contributed by atoms with E-state index in [1.54, 1.807) is 0 Å². The van der Waals surface area contributed by atoms with Crippen LogP contribution in [0, 0.1) is 0 Å². The number of ketones is 1. The Labute approximate surface area is 122 Å². The van der Waals surface area contributed by atoms with Crippen molar-refractivity contribution < 1.29 is 28.5 Å². The third-order valence-corrected chi connectivity index (χ3v) is 3.71. The van der Waals surface area contributed by atoms with Crippen molar-refractivity contribution in [1.29, 1.82) is 0 Å². The van der Waals surface area contributed by atoms with Gasteiger partial charge in [0.15, 0.2) is 6.29 Å². The van der Waals surface area contributed by atoms with Crippen LogP contribution in [-0.4, -0.2) is 51.2 Å². The first kappa shape index (κ1) is 14.6. The molecule has 21 heavy (non-hydrogen) atoms. The summed E-state index contributed by atoms with van der Waals surface area (Å²) in [6.07, 6.45) is -3.08. The van der Waals surface area contributed by atoms with Gasteiger partial charge in [-0.05, 0) is 0 Å². The molecule has 0 spiro atoms. The average Bonchev–Trinajstić information content (AvgIpc) is 2.54. The highest BCUT2D eigenvalue weighted by Gasteiger charge is 2.49. The molecule has 1 aromatic carbocycles. The second-order valence-electron chi connectivity index (χ2n) is 4.98. The fraction of sp³-hybridized carbons (Fsp3) is 0.533. The molecule has 2 heterocycles. The molecule has 114 valence electrons. The number of fused-ring (bicyclic) bond motifs is 1. The molecular weight excluding hydrogens is 276 g/mol. The minimum Gasteiger partial charge on any atom is -0.371 e. The fourth-order valence-electron chi connectivity index (χ4n) is 2.66. The maximum absolute atomic E-state index is 12.2. The van der Waals surface area contributed by atoms with Gasteiger partial charge in [-0.25, -0.2) is 0 Å². The summed E-state index contributed by atoms with van der Waals surface area (Å²) in [6, 6.07) is 9.56. The van der Waals surface area contributed by atoms with Gasteiger partial charge in [-0.2, -0.15) is 0 Å². The summed E-state index contributed by atoms with van der Waals surface area (Å²) >= 11 is 0. The van der Waals surface area contributed by atoms with Crippen molar-refractivity contribution in [3.05, 3.63) is 35.9 Å². The van der Waals surface area contributed by atoms with Crippen molar-refractivity contribution in [2.45, 2.75) is 30.9 Å². The van der Waals surface area contributed by atoms with E-state index in [1.807, 2.05) is 30.3 Å². The molecule has 6 heteroatoms. The van der Waals surface area contributed by atoms with Crippen LogP contribution in [0.15, 0.2) is 30.3 Å². The van der Waals surface area contributed by atoms with E-state index in [1.165, 1.54) is 14.2 Å². The van der Waals surface area contributed by atoms with E-state index in [-0.39, 0.29) is 5.78 Å². The summed E-state index contributed by atoms with van der Waals surface area (Å²) < 4.78 is 27.5. The average molecular weight is 294 g/mol. The summed E-state index contributed by atoms with van der Waals surface area (Å²) in [5.41, 5.74) is 0.895. The third kappa shape index (κ3) is 2.73. The summed E-state index contributed by atoms with van der Waals surface area (Å²) in [4.78, 5) is 12.2. The Balaban J connectivity index is 1.79. The van der Waals surface area contributed by atoms with Crippen LogP contribution in [0.1, 0.15) is 11.9 Å². The maximum atomic E-state index is 12.2. The molecule has 2 fully saturated rings. The van der Waals surface area contributed by atoms with Gasteiger partial charge in [0.1, 0.15) is 18.3 Å². The zero-order chi connectivity index (χ0) is 14.8. The molecular formula is C15H18O6. The number of Topliss-reactive ketones (excluding diaryl/α,β-unsaturated/α-hetero) is 1. The standard InChI is InChI=1S/C15H18O6/c1-17-13-11(16)15(18-2)20-10-8-19-14(21-12(10)13)9-6-4-3-5-7-9/h3-7,10,12-15H,8H2,1-2H3/t10-,12-,13-,14-,15+/m0/s1.